The molecule has 0 saturated carbocycles. The monoisotopic (exact) mass is 264 g/mol. The first-order valence-corrected chi connectivity index (χ1v) is 6.22. The summed E-state index contributed by atoms with van der Waals surface area (Å²) in [5.74, 6) is 0.601. The SMILES string of the molecule is O=Cc1c(/C=C/c2ccccc2)oc2ccc(O)cc12. The number of carbonyl (C=O) groups excluding carboxylic acids is 1. The molecule has 0 fully saturated rings. The van der Waals surface area contributed by atoms with Crippen molar-refractivity contribution in [2.24, 2.45) is 0 Å². The second-order valence-electron chi connectivity index (χ2n) is 4.42. The Hall–Kier alpha value is -2.81. The van der Waals surface area contributed by atoms with Crippen molar-refractivity contribution in [3.63, 3.8) is 0 Å². The third-order valence-corrected chi connectivity index (χ3v) is 3.08. The number of fused-ring (bicyclic) bond motifs is 1. The van der Waals surface area contributed by atoms with Crippen molar-refractivity contribution in [3.8, 4) is 5.75 Å². The Morgan fingerprint density at radius 1 is 1.00 bits per heavy atom. The van der Waals surface area contributed by atoms with Gasteiger partial charge in [0.15, 0.2) is 6.29 Å². The van der Waals surface area contributed by atoms with E-state index in [-0.39, 0.29) is 5.75 Å². The van der Waals surface area contributed by atoms with Gasteiger partial charge in [0.1, 0.15) is 17.1 Å². The molecule has 0 atom stereocenters. The molecule has 0 unspecified atom stereocenters. The molecule has 0 bridgehead atoms. The van der Waals surface area contributed by atoms with Crippen molar-refractivity contribution in [2.75, 3.05) is 0 Å². The molecule has 0 saturated heterocycles. The Labute approximate surface area is 115 Å². The van der Waals surface area contributed by atoms with Crippen LogP contribution in [0.3, 0.4) is 0 Å². The smallest absolute Gasteiger partial charge is 0.154 e. The summed E-state index contributed by atoms with van der Waals surface area (Å²) in [6.45, 7) is 0. The first-order chi connectivity index (χ1) is 9.78. The van der Waals surface area contributed by atoms with E-state index in [1.54, 1.807) is 12.1 Å². The number of aromatic hydroxyl groups is 1. The summed E-state index contributed by atoms with van der Waals surface area (Å²) in [6.07, 6.45) is 4.39. The van der Waals surface area contributed by atoms with Gasteiger partial charge in [-0.15, -0.1) is 0 Å². The van der Waals surface area contributed by atoms with Gasteiger partial charge in [-0.25, -0.2) is 0 Å². The molecular weight excluding hydrogens is 252 g/mol. The van der Waals surface area contributed by atoms with E-state index in [1.165, 1.54) is 12.1 Å². The van der Waals surface area contributed by atoms with Crippen LogP contribution in [0.15, 0.2) is 52.9 Å². The van der Waals surface area contributed by atoms with Crippen molar-refractivity contribution in [1.29, 1.82) is 0 Å². The predicted octanol–water partition coefficient (Wildman–Crippen LogP) is 4.12. The average molecular weight is 264 g/mol. The number of hydrogen-bond donors (Lipinski definition) is 1. The molecule has 98 valence electrons. The number of hydrogen-bond acceptors (Lipinski definition) is 3. The third kappa shape index (κ3) is 2.21. The van der Waals surface area contributed by atoms with E-state index < -0.39 is 0 Å². The number of carbonyl (C=O) groups is 1. The lowest BCUT2D eigenvalue weighted by atomic mass is 10.1. The van der Waals surface area contributed by atoms with Crippen LogP contribution in [0.1, 0.15) is 21.7 Å². The summed E-state index contributed by atoms with van der Waals surface area (Å²) in [7, 11) is 0. The number of furan rings is 1. The highest BCUT2D eigenvalue weighted by Crippen LogP contribution is 2.29. The van der Waals surface area contributed by atoms with Gasteiger partial charge < -0.3 is 9.52 Å². The van der Waals surface area contributed by atoms with Crippen LogP contribution in [0.4, 0.5) is 0 Å². The van der Waals surface area contributed by atoms with Gasteiger partial charge in [0.25, 0.3) is 0 Å². The van der Waals surface area contributed by atoms with Gasteiger partial charge in [0.05, 0.1) is 5.56 Å². The lowest BCUT2D eigenvalue weighted by molar-refractivity contribution is 0.112. The van der Waals surface area contributed by atoms with Crippen molar-refractivity contribution < 1.29 is 14.3 Å². The summed E-state index contributed by atoms with van der Waals surface area (Å²) in [6, 6.07) is 14.5. The highest BCUT2D eigenvalue weighted by Gasteiger charge is 2.11. The minimum atomic E-state index is 0.111. The highest BCUT2D eigenvalue weighted by atomic mass is 16.3. The predicted molar refractivity (Wildman–Crippen MR) is 78.6 cm³/mol. The lowest BCUT2D eigenvalue weighted by Crippen LogP contribution is -1.80. The maximum Gasteiger partial charge on any atom is 0.154 e. The molecule has 0 aliphatic rings. The van der Waals surface area contributed by atoms with E-state index in [9.17, 15) is 9.90 Å². The number of aldehydes is 1. The molecule has 3 aromatic rings. The Balaban J connectivity index is 2.07. The quantitative estimate of drug-likeness (QED) is 0.724. The number of benzene rings is 2. The Kier molecular flexibility index (Phi) is 3.09. The molecule has 2 aromatic carbocycles. The lowest BCUT2D eigenvalue weighted by Gasteiger charge is -1.91. The molecule has 1 aromatic heterocycles. The van der Waals surface area contributed by atoms with Crippen molar-refractivity contribution in [1.82, 2.24) is 0 Å². The zero-order valence-corrected chi connectivity index (χ0v) is 10.6. The molecule has 0 spiro atoms. The van der Waals surface area contributed by atoms with Crippen LogP contribution in [-0.4, -0.2) is 11.4 Å². The van der Waals surface area contributed by atoms with E-state index in [2.05, 4.69) is 0 Å². The molecule has 1 heterocycles. The van der Waals surface area contributed by atoms with Gasteiger partial charge in [0.2, 0.25) is 0 Å². The largest absolute Gasteiger partial charge is 0.508 e. The Bertz CT molecular complexity index is 783. The number of phenolic OH excluding ortho intramolecular Hbond substituents is 1. The van der Waals surface area contributed by atoms with E-state index in [4.69, 9.17) is 4.42 Å². The maximum absolute atomic E-state index is 11.2. The van der Waals surface area contributed by atoms with E-state index >= 15 is 0 Å². The Morgan fingerprint density at radius 3 is 2.55 bits per heavy atom. The first kappa shape index (κ1) is 12.2. The molecule has 0 amide bonds. The van der Waals surface area contributed by atoms with Crippen molar-refractivity contribution in [2.45, 2.75) is 0 Å². The fraction of sp³-hybridized carbons (Fsp3) is 0. The molecule has 0 aliphatic heterocycles. The maximum atomic E-state index is 11.2. The standard InChI is InChI=1S/C17H12O3/c18-11-15-14-10-13(19)7-9-16(14)20-17(15)8-6-12-4-2-1-3-5-12/h1-11,19H/b8-6+. The fourth-order valence-electron chi connectivity index (χ4n) is 2.11. The molecule has 3 heteroatoms. The van der Waals surface area contributed by atoms with Crippen LogP contribution >= 0.6 is 0 Å². The van der Waals surface area contributed by atoms with Crippen LogP contribution in [0.25, 0.3) is 23.1 Å². The minimum Gasteiger partial charge on any atom is -0.508 e. The molecular formula is C17H12O3. The average Bonchev–Trinajstić information content (AvgIpc) is 2.83. The first-order valence-electron chi connectivity index (χ1n) is 6.22. The Morgan fingerprint density at radius 2 is 1.80 bits per heavy atom. The number of phenols is 1. The van der Waals surface area contributed by atoms with Gasteiger partial charge >= 0.3 is 0 Å². The second-order valence-corrected chi connectivity index (χ2v) is 4.42. The van der Waals surface area contributed by atoms with Crippen LogP contribution in [0.5, 0.6) is 5.75 Å². The zero-order valence-electron chi connectivity index (χ0n) is 10.6. The summed E-state index contributed by atoms with van der Waals surface area (Å²) >= 11 is 0. The van der Waals surface area contributed by atoms with E-state index in [0.717, 1.165) is 11.8 Å². The molecule has 3 nitrogen and oxygen atoms in total. The zero-order chi connectivity index (χ0) is 13.9. The van der Waals surface area contributed by atoms with Gasteiger partial charge in [-0.3, -0.25) is 4.79 Å². The van der Waals surface area contributed by atoms with Gasteiger partial charge in [-0.2, -0.15) is 0 Å². The minimum absolute atomic E-state index is 0.111. The van der Waals surface area contributed by atoms with Crippen molar-refractivity contribution >= 4 is 29.4 Å². The fourth-order valence-corrected chi connectivity index (χ4v) is 2.11. The van der Waals surface area contributed by atoms with Crippen LogP contribution < -0.4 is 0 Å². The summed E-state index contributed by atoms with van der Waals surface area (Å²) < 4.78 is 5.64. The molecule has 0 aliphatic carbocycles. The van der Waals surface area contributed by atoms with E-state index in [1.807, 2.05) is 36.4 Å². The van der Waals surface area contributed by atoms with Gasteiger partial charge in [-0.05, 0) is 29.8 Å². The number of rotatable bonds is 3. The second kappa shape index (κ2) is 5.05. The van der Waals surface area contributed by atoms with Crippen molar-refractivity contribution in [3.05, 3.63) is 65.4 Å². The van der Waals surface area contributed by atoms with Crippen LogP contribution in [0, 0.1) is 0 Å². The molecule has 0 radical (unpaired) electrons. The normalized spacial score (nSPS) is 11.2. The molecule has 3 rings (SSSR count). The topological polar surface area (TPSA) is 50.4 Å². The summed E-state index contributed by atoms with van der Waals surface area (Å²) in [5, 5.41) is 10.1. The summed E-state index contributed by atoms with van der Waals surface area (Å²) in [5.41, 5.74) is 2.05. The van der Waals surface area contributed by atoms with Crippen LogP contribution in [0.2, 0.25) is 0 Å². The third-order valence-electron chi connectivity index (χ3n) is 3.08. The molecule has 1 N–H and O–H groups in total. The van der Waals surface area contributed by atoms with Gasteiger partial charge in [-0.1, -0.05) is 36.4 Å². The molecule has 20 heavy (non-hydrogen) atoms. The van der Waals surface area contributed by atoms with Crippen LogP contribution in [-0.2, 0) is 0 Å². The van der Waals surface area contributed by atoms with E-state index in [0.29, 0.717) is 22.3 Å². The van der Waals surface area contributed by atoms with Gasteiger partial charge in [0, 0.05) is 5.39 Å². The highest BCUT2D eigenvalue weighted by molar-refractivity contribution is 6.00. The summed E-state index contributed by atoms with van der Waals surface area (Å²) in [4.78, 5) is 11.2.